The molecule has 2 heteroatoms. The van der Waals surface area contributed by atoms with Crippen molar-refractivity contribution < 1.29 is 4.57 Å². The van der Waals surface area contributed by atoms with Crippen LogP contribution in [0.15, 0.2) is 48.8 Å². The van der Waals surface area contributed by atoms with Crippen LogP contribution < -0.4 is 4.57 Å². The van der Waals surface area contributed by atoms with Gasteiger partial charge in [0.2, 0.25) is 5.52 Å². The standard InChI is InChI=1S/C14H13N2/c1-2-16-10-11-6-3-4-7-12(11)14-13(16)8-5-9-15-14/h3-10H,2H2,1H3/q+1. The van der Waals surface area contributed by atoms with Gasteiger partial charge in [-0.1, -0.05) is 18.2 Å². The molecule has 0 amide bonds. The summed E-state index contributed by atoms with van der Waals surface area (Å²) in [7, 11) is 0. The maximum atomic E-state index is 4.50. The normalized spacial score (nSPS) is 11.1. The zero-order chi connectivity index (χ0) is 11.0. The van der Waals surface area contributed by atoms with Gasteiger partial charge in [0.1, 0.15) is 12.1 Å². The van der Waals surface area contributed by atoms with Crippen LogP contribution in [0.3, 0.4) is 0 Å². The van der Waals surface area contributed by atoms with Crippen molar-refractivity contribution in [2.45, 2.75) is 13.5 Å². The van der Waals surface area contributed by atoms with E-state index in [9.17, 15) is 0 Å². The molecular formula is C14H13N2+. The molecule has 0 unspecified atom stereocenters. The van der Waals surface area contributed by atoms with Crippen LogP contribution in [0.2, 0.25) is 0 Å². The quantitative estimate of drug-likeness (QED) is 0.445. The van der Waals surface area contributed by atoms with E-state index in [2.05, 4.69) is 53.0 Å². The highest BCUT2D eigenvalue weighted by atomic mass is 15.0. The average Bonchev–Trinajstić information content (AvgIpc) is 2.38. The van der Waals surface area contributed by atoms with E-state index in [0.29, 0.717) is 0 Å². The zero-order valence-corrected chi connectivity index (χ0v) is 9.22. The number of pyridine rings is 2. The van der Waals surface area contributed by atoms with Crippen molar-refractivity contribution in [2.24, 2.45) is 0 Å². The summed E-state index contributed by atoms with van der Waals surface area (Å²) in [6.07, 6.45) is 4.05. The third kappa shape index (κ3) is 1.27. The second-order valence-electron chi connectivity index (χ2n) is 3.87. The van der Waals surface area contributed by atoms with Crippen molar-refractivity contribution in [3.63, 3.8) is 0 Å². The molecule has 0 bridgehead atoms. The van der Waals surface area contributed by atoms with Crippen LogP contribution >= 0.6 is 0 Å². The lowest BCUT2D eigenvalue weighted by Gasteiger charge is -2.02. The van der Waals surface area contributed by atoms with Crippen LogP contribution in [-0.2, 0) is 6.54 Å². The molecule has 0 fully saturated rings. The molecule has 78 valence electrons. The molecule has 0 aliphatic rings. The Bertz CT molecular complexity index is 659. The minimum Gasteiger partial charge on any atom is -0.249 e. The summed E-state index contributed by atoms with van der Waals surface area (Å²) in [5.41, 5.74) is 2.28. The summed E-state index contributed by atoms with van der Waals surface area (Å²) >= 11 is 0. The molecule has 2 nitrogen and oxygen atoms in total. The van der Waals surface area contributed by atoms with Gasteiger partial charge in [0, 0.05) is 23.0 Å². The molecule has 0 saturated heterocycles. The Labute approximate surface area is 94.2 Å². The monoisotopic (exact) mass is 209 g/mol. The van der Waals surface area contributed by atoms with E-state index in [1.54, 1.807) is 0 Å². The fourth-order valence-corrected chi connectivity index (χ4v) is 2.16. The van der Waals surface area contributed by atoms with Crippen molar-refractivity contribution in [1.82, 2.24) is 4.98 Å². The summed E-state index contributed by atoms with van der Waals surface area (Å²) in [4.78, 5) is 4.50. The van der Waals surface area contributed by atoms with E-state index in [1.165, 1.54) is 16.3 Å². The van der Waals surface area contributed by atoms with Crippen molar-refractivity contribution in [3.8, 4) is 0 Å². The molecule has 0 N–H and O–H groups in total. The molecule has 0 radical (unpaired) electrons. The third-order valence-corrected chi connectivity index (χ3v) is 2.95. The van der Waals surface area contributed by atoms with Gasteiger partial charge in [0.05, 0.1) is 0 Å². The molecular weight excluding hydrogens is 196 g/mol. The van der Waals surface area contributed by atoms with E-state index < -0.39 is 0 Å². The van der Waals surface area contributed by atoms with Crippen LogP contribution in [0, 0.1) is 0 Å². The number of fused-ring (bicyclic) bond motifs is 3. The van der Waals surface area contributed by atoms with Crippen LogP contribution in [0.25, 0.3) is 21.8 Å². The maximum absolute atomic E-state index is 4.50. The smallest absolute Gasteiger partial charge is 0.231 e. The lowest BCUT2D eigenvalue weighted by molar-refractivity contribution is -0.666. The average molecular weight is 209 g/mol. The maximum Gasteiger partial charge on any atom is 0.231 e. The second-order valence-corrected chi connectivity index (χ2v) is 3.87. The largest absolute Gasteiger partial charge is 0.249 e. The fraction of sp³-hybridized carbons (Fsp3) is 0.143. The molecule has 0 spiro atoms. The van der Waals surface area contributed by atoms with Gasteiger partial charge in [-0.05, 0) is 19.1 Å². The van der Waals surface area contributed by atoms with Crippen LogP contribution in [-0.4, -0.2) is 4.98 Å². The summed E-state index contributed by atoms with van der Waals surface area (Å²) < 4.78 is 2.24. The van der Waals surface area contributed by atoms with Gasteiger partial charge < -0.3 is 0 Å². The van der Waals surface area contributed by atoms with E-state index in [0.717, 1.165) is 12.1 Å². The lowest BCUT2D eigenvalue weighted by Crippen LogP contribution is -2.32. The Kier molecular flexibility index (Phi) is 2.07. The molecule has 1 aromatic carbocycles. The first kappa shape index (κ1) is 9.28. The molecule has 2 heterocycles. The summed E-state index contributed by atoms with van der Waals surface area (Å²) in [6.45, 7) is 3.12. The molecule has 0 atom stereocenters. The van der Waals surface area contributed by atoms with Gasteiger partial charge in [-0.2, -0.15) is 4.57 Å². The Morgan fingerprint density at radius 3 is 2.88 bits per heavy atom. The number of benzene rings is 1. The highest BCUT2D eigenvalue weighted by Crippen LogP contribution is 2.19. The zero-order valence-electron chi connectivity index (χ0n) is 9.22. The van der Waals surface area contributed by atoms with Crippen molar-refractivity contribution in [2.75, 3.05) is 0 Å². The van der Waals surface area contributed by atoms with Gasteiger partial charge in [-0.3, -0.25) is 0 Å². The Balaban J connectivity index is 2.57. The minimum atomic E-state index is 0.965. The van der Waals surface area contributed by atoms with Gasteiger partial charge in [0.25, 0.3) is 0 Å². The summed E-state index contributed by atoms with van der Waals surface area (Å²) in [6, 6.07) is 12.5. The summed E-state index contributed by atoms with van der Waals surface area (Å²) in [5, 5.41) is 2.47. The number of hydrogen-bond acceptors (Lipinski definition) is 1. The topological polar surface area (TPSA) is 16.8 Å². The van der Waals surface area contributed by atoms with Crippen molar-refractivity contribution in [3.05, 3.63) is 48.8 Å². The predicted molar refractivity (Wildman–Crippen MR) is 65.1 cm³/mol. The van der Waals surface area contributed by atoms with E-state index in [-0.39, 0.29) is 0 Å². The highest BCUT2D eigenvalue weighted by Gasteiger charge is 2.11. The number of nitrogens with zero attached hydrogens (tertiary/aromatic N) is 2. The van der Waals surface area contributed by atoms with Crippen LogP contribution in [0.1, 0.15) is 6.92 Å². The van der Waals surface area contributed by atoms with Crippen molar-refractivity contribution >= 4 is 21.8 Å². The number of hydrogen-bond donors (Lipinski definition) is 0. The Morgan fingerprint density at radius 2 is 2.00 bits per heavy atom. The first-order valence-corrected chi connectivity index (χ1v) is 5.56. The van der Waals surface area contributed by atoms with E-state index >= 15 is 0 Å². The first-order chi connectivity index (χ1) is 7.90. The minimum absolute atomic E-state index is 0.965. The summed E-state index contributed by atoms with van der Waals surface area (Å²) in [5.74, 6) is 0. The molecule has 0 aliphatic heterocycles. The van der Waals surface area contributed by atoms with Crippen molar-refractivity contribution in [1.29, 1.82) is 0 Å². The fourth-order valence-electron chi connectivity index (χ4n) is 2.16. The number of aryl methyl sites for hydroxylation is 1. The molecule has 0 saturated carbocycles. The van der Waals surface area contributed by atoms with Crippen LogP contribution in [0.4, 0.5) is 0 Å². The molecule has 3 rings (SSSR count). The van der Waals surface area contributed by atoms with Gasteiger partial charge >= 0.3 is 0 Å². The number of aromatic nitrogens is 2. The Hall–Kier alpha value is -1.96. The SMILES string of the molecule is CC[n+]1cc2ccccc2c2ncccc21. The third-order valence-electron chi connectivity index (χ3n) is 2.95. The van der Waals surface area contributed by atoms with Gasteiger partial charge in [-0.15, -0.1) is 0 Å². The predicted octanol–water partition coefficient (Wildman–Crippen LogP) is 2.70. The molecule has 3 aromatic rings. The Morgan fingerprint density at radius 1 is 1.12 bits per heavy atom. The first-order valence-electron chi connectivity index (χ1n) is 5.56. The van der Waals surface area contributed by atoms with Gasteiger partial charge in [0.15, 0.2) is 6.20 Å². The molecule has 2 aromatic heterocycles. The highest BCUT2D eigenvalue weighted by molar-refractivity contribution is 6.01. The molecule has 0 aliphatic carbocycles. The van der Waals surface area contributed by atoms with E-state index in [4.69, 9.17) is 0 Å². The molecule has 16 heavy (non-hydrogen) atoms. The lowest BCUT2D eigenvalue weighted by atomic mass is 10.1. The number of rotatable bonds is 1. The van der Waals surface area contributed by atoms with Gasteiger partial charge in [-0.25, -0.2) is 4.98 Å². The van der Waals surface area contributed by atoms with Crippen LogP contribution in [0.5, 0.6) is 0 Å². The van der Waals surface area contributed by atoms with E-state index in [1.807, 2.05) is 12.3 Å². The second kappa shape index (κ2) is 3.56.